The van der Waals surface area contributed by atoms with Crippen molar-refractivity contribution < 1.29 is 19.2 Å². The summed E-state index contributed by atoms with van der Waals surface area (Å²) in [6.45, 7) is -0.388. The van der Waals surface area contributed by atoms with Crippen LogP contribution in [0.25, 0.3) is 0 Å². The maximum Gasteiger partial charge on any atom is 0.240 e. The Morgan fingerprint density at radius 2 is 1.93 bits per heavy atom. The molecule has 76 valence electrons. The Morgan fingerprint density at radius 3 is 2.43 bits per heavy atom. The maximum absolute atomic E-state index is 11.0. The van der Waals surface area contributed by atoms with E-state index in [9.17, 15) is 19.2 Å². The summed E-state index contributed by atoms with van der Waals surface area (Å²) in [7, 11) is 0. The summed E-state index contributed by atoms with van der Waals surface area (Å²) < 4.78 is 0. The Hall–Kier alpha value is -1.72. The Kier molecular flexibility index (Phi) is 3.33. The van der Waals surface area contributed by atoms with Crippen molar-refractivity contribution in [1.82, 2.24) is 10.2 Å². The molecule has 14 heavy (non-hydrogen) atoms. The molecule has 6 nitrogen and oxygen atoms in total. The zero-order valence-electron chi connectivity index (χ0n) is 7.49. The molecule has 0 spiro atoms. The van der Waals surface area contributed by atoms with E-state index in [1.807, 2.05) is 0 Å². The quantitative estimate of drug-likeness (QED) is 0.438. The van der Waals surface area contributed by atoms with E-state index in [2.05, 4.69) is 5.32 Å². The van der Waals surface area contributed by atoms with E-state index >= 15 is 0 Å². The molecule has 0 aromatic carbocycles. The molecule has 3 amide bonds. The molecule has 1 aliphatic heterocycles. The van der Waals surface area contributed by atoms with Crippen molar-refractivity contribution in [3.05, 3.63) is 0 Å². The highest BCUT2D eigenvalue weighted by Crippen LogP contribution is 2.10. The van der Waals surface area contributed by atoms with Crippen molar-refractivity contribution in [2.45, 2.75) is 12.8 Å². The summed E-state index contributed by atoms with van der Waals surface area (Å²) in [6.07, 6.45) is 0.866. The van der Waals surface area contributed by atoms with E-state index in [-0.39, 0.29) is 37.7 Å². The van der Waals surface area contributed by atoms with Crippen molar-refractivity contribution in [1.29, 1.82) is 0 Å². The highest BCUT2D eigenvalue weighted by atomic mass is 16.2. The molecule has 1 fully saturated rings. The molecule has 0 atom stereocenters. The van der Waals surface area contributed by atoms with Gasteiger partial charge >= 0.3 is 0 Å². The number of likely N-dealkylation sites (tertiary alicyclic amines) is 1. The monoisotopic (exact) mass is 198 g/mol. The molecule has 0 saturated carbocycles. The first-order chi connectivity index (χ1) is 6.65. The molecule has 1 aliphatic rings. The number of nitrogens with zero attached hydrogens (tertiary/aromatic N) is 1. The van der Waals surface area contributed by atoms with E-state index in [0.717, 1.165) is 4.90 Å². The number of carbonyl (C=O) groups excluding carboxylic acids is 4. The smallest absolute Gasteiger partial charge is 0.240 e. The normalized spacial score (nSPS) is 15.9. The molecule has 6 heteroatoms. The first-order valence-electron chi connectivity index (χ1n) is 4.18. The third kappa shape index (κ3) is 2.38. The van der Waals surface area contributed by atoms with Gasteiger partial charge in [0.2, 0.25) is 17.7 Å². The topological polar surface area (TPSA) is 83.6 Å². The number of carbonyl (C=O) groups is 4. The minimum atomic E-state index is -0.499. The molecule has 0 aromatic heterocycles. The van der Waals surface area contributed by atoms with Gasteiger partial charge < -0.3 is 10.1 Å². The van der Waals surface area contributed by atoms with Crippen molar-refractivity contribution in [2.75, 3.05) is 13.1 Å². The van der Waals surface area contributed by atoms with Gasteiger partial charge in [-0.15, -0.1) is 0 Å². The van der Waals surface area contributed by atoms with Crippen LogP contribution in [0.1, 0.15) is 12.8 Å². The minimum absolute atomic E-state index is 0.102. The lowest BCUT2D eigenvalue weighted by Crippen LogP contribution is -2.40. The van der Waals surface area contributed by atoms with Gasteiger partial charge in [0.25, 0.3) is 0 Å². The van der Waals surface area contributed by atoms with Gasteiger partial charge in [0.1, 0.15) is 12.8 Å². The van der Waals surface area contributed by atoms with E-state index in [1.165, 1.54) is 0 Å². The van der Waals surface area contributed by atoms with Crippen LogP contribution in [0.4, 0.5) is 0 Å². The lowest BCUT2D eigenvalue weighted by Gasteiger charge is -2.12. The predicted molar refractivity (Wildman–Crippen MR) is 45.0 cm³/mol. The molecule has 1 heterocycles. The Bertz CT molecular complexity index is 271. The molecular formula is C8H10N2O4. The predicted octanol–water partition coefficient (Wildman–Crippen LogP) is -1.55. The molecule has 0 aromatic rings. The fourth-order valence-corrected chi connectivity index (χ4v) is 1.15. The zero-order valence-corrected chi connectivity index (χ0v) is 7.49. The molecule has 1 rings (SSSR count). The summed E-state index contributed by atoms with van der Waals surface area (Å²) in [5.74, 6) is -1.17. The average molecular weight is 198 g/mol. The van der Waals surface area contributed by atoms with Gasteiger partial charge in [-0.2, -0.15) is 0 Å². The summed E-state index contributed by atoms with van der Waals surface area (Å²) in [5, 5.41) is 2.25. The first-order valence-corrected chi connectivity index (χ1v) is 4.18. The Morgan fingerprint density at radius 1 is 1.36 bits per heavy atom. The summed E-state index contributed by atoms with van der Waals surface area (Å²) in [5.41, 5.74) is 0. The van der Waals surface area contributed by atoms with Crippen LogP contribution in [-0.2, 0) is 19.2 Å². The number of hydrogen-bond donors (Lipinski definition) is 1. The molecule has 0 aliphatic carbocycles. The third-order valence-electron chi connectivity index (χ3n) is 1.84. The van der Waals surface area contributed by atoms with Crippen LogP contribution in [0.5, 0.6) is 0 Å². The number of imide groups is 1. The number of amides is 3. The molecular weight excluding hydrogens is 188 g/mol. The zero-order chi connectivity index (χ0) is 10.6. The maximum atomic E-state index is 11.0. The lowest BCUT2D eigenvalue weighted by atomic mass is 10.4. The lowest BCUT2D eigenvalue weighted by molar-refractivity contribution is -0.142. The van der Waals surface area contributed by atoms with E-state index in [1.54, 1.807) is 0 Å². The first kappa shape index (κ1) is 10.4. The Labute approximate surface area is 80.2 Å². The fourth-order valence-electron chi connectivity index (χ4n) is 1.15. The van der Waals surface area contributed by atoms with Crippen LogP contribution in [0.3, 0.4) is 0 Å². The second-order valence-corrected chi connectivity index (χ2v) is 2.84. The van der Waals surface area contributed by atoms with Crippen LogP contribution in [0.15, 0.2) is 0 Å². The third-order valence-corrected chi connectivity index (χ3v) is 1.84. The van der Waals surface area contributed by atoms with Crippen LogP contribution in [-0.4, -0.2) is 42.0 Å². The van der Waals surface area contributed by atoms with Gasteiger partial charge in [-0.05, 0) is 0 Å². The van der Waals surface area contributed by atoms with Gasteiger partial charge in [-0.25, -0.2) is 0 Å². The largest absolute Gasteiger partial charge is 0.348 e. The number of hydrogen-bond acceptors (Lipinski definition) is 4. The fraction of sp³-hybridized carbons (Fsp3) is 0.500. The minimum Gasteiger partial charge on any atom is -0.348 e. The van der Waals surface area contributed by atoms with Gasteiger partial charge in [0.05, 0.1) is 6.54 Å². The molecule has 1 N–H and O–H groups in total. The van der Waals surface area contributed by atoms with Gasteiger partial charge in [-0.1, -0.05) is 0 Å². The van der Waals surface area contributed by atoms with Gasteiger partial charge in [0.15, 0.2) is 0 Å². The van der Waals surface area contributed by atoms with Gasteiger partial charge in [0, 0.05) is 12.8 Å². The second-order valence-electron chi connectivity index (χ2n) is 2.84. The molecule has 0 bridgehead atoms. The van der Waals surface area contributed by atoms with Crippen LogP contribution < -0.4 is 5.32 Å². The summed E-state index contributed by atoms with van der Waals surface area (Å²) >= 11 is 0. The van der Waals surface area contributed by atoms with Gasteiger partial charge in [-0.3, -0.25) is 19.3 Å². The van der Waals surface area contributed by atoms with Crippen molar-refractivity contribution in [2.24, 2.45) is 0 Å². The number of rotatable bonds is 4. The highest BCUT2D eigenvalue weighted by Gasteiger charge is 2.30. The molecule has 0 radical (unpaired) electrons. The van der Waals surface area contributed by atoms with Crippen LogP contribution >= 0.6 is 0 Å². The van der Waals surface area contributed by atoms with Crippen molar-refractivity contribution in [3.8, 4) is 0 Å². The SMILES string of the molecule is O=CCNC(=O)CN1C(=O)CCC1=O. The van der Waals surface area contributed by atoms with Crippen molar-refractivity contribution >= 4 is 24.0 Å². The second kappa shape index (κ2) is 4.50. The average Bonchev–Trinajstić information content (AvgIpc) is 2.46. The van der Waals surface area contributed by atoms with Crippen LogP contribution in [0, 0.1) is 0 Å². The van der Waals surface area contributed by atoms with E-state index in [0.29, 0.717) is 6.29 Å². The molecule has 1 saturated heterocycles. The Balaban J connectivity index is 2.42. The molecule has 0 unspecified atom stereocenters. The summed E-state index contributed by atoms with van der Waals surface area (Å²) in [4.78, 5) is 43.9. The standard InChI is InChI=1S/C8H10N2O4/c11-4-3-9-6(12)5-10-7(13)1-2-8(10)14/h4H,1-3,5H2,(H,9,12). The highest BCUT2D eigenvalue weighted by molar-refractivity contribution is 6.04. The number of aldehydes is 1. The van der Waals surface area contributed by atoms with E-state index in [4.69, 9.17) is 0 Å². The summed E-state index contributed by atoms with van der Waals surface area (Å²) in [6, 6.07) is 0. The van der Waals surface area contributed by atoms with E-state index < -0.39 is 5.91 Å². The number of nitrogens with one attached hydrogen (secondary N) is 1. The van der Waals surface area contributed by atoms with Crippen molar-refractivity contribution in [3.63, 3.8) is 0 Å². The van der Waals surface area contributed by atoms with Crippen LogP contribution in [0.2, 0.25) is 0 Å².